The van der Waals surface area contributed by atoms with E-state index in [4.69, 9.17) is 33.3 Å². The molecule has 3 nitrogen and oxygen atoms in total. The molecule has 0 aliphatic carbocycles. The van der Waals surface area contributed by atoms with Crippen LogP contribution >= 0.6 is 23.2 Å². The van der Waals surface area contributed by atoms with Crippen LogP contribution in [-0.4, -0.2) is 17.4 Å². The predicted molar refractivity (Wildman–Crippen MR) is 80.3 cm³/mol. The van der Waals surface area contributed by atoms with Gasteiger partial charge in [0.2, 0.25) is 0 Å². The summed E-state index contributed by atoms with van der Waals surface area (Å²) in [5.41, 5.74) is 0.862. The molecule has 0 bridgehead atoms. The van der Waals surface area contributed by atoms with Crippen molar-refractivity contribution in [2.45, 2.75) is 0 Å². The lowest BCUT2D eigenvalue weighted by Crippen LogP contribution is -1.92. The Bertz CT molecular complexity index is 545. The van der Waals surface area contributed by atoms with Gasteiger partial charge in [0.1, 0.15) is 16.7 Å². The number of hydrogen-bond donors (Lipinski definition) is 2. The lowest BCUT2D eigenvalue weighted by atomic mass is 10.1. The van der Waals surface area contributed by atoms with Gasteiger partial charge >= 0.3 is 0 Å². The predicted octanol–water partition coefficient (Wildman–Crippen LogP) is 4.49. The number of ether oxygens (including phenoxy) is 1. The maximum absolute atomic E-state index is 10.2. The number of methoxy groups -OCH3 is 1. The maximum Gasteiger partial charge on any atom is 0.131 e. The van der Waals surface area contributed by atoms with Crippen LogP contribution in [0.2, 0.25) is 0 Å². The van der Waals surface area contributed by atoms with Gasteiger partial charge in [-0.3, -0.25) is 5.41 Å². The SMILES string of the molecule is C=CC(C(Cl)=CC(=N)Cl)=C(O)c1ccc(OC)cc1. The summed E-state index contributed by atoms with van der Waals surface area (Å²) in [6, 6.07) is 6.81. The standard InChI is InChI=1S/C14H13Cl2NO2/c1-3-11(12(15)8-13(16)17)14(18)9-4-6-10(19-2)7-5-9/h3-8,17-18H,1H2,2H3. The number of aliphatic hydroxyl groups is 1. The first-order chi connectivity index (χ1) is 8.99. The van der Waals surface area contributed by atoms with Crippen LogP contribution in [-0.2, 0) is 0 Å². The molecule has 19 heavy (non-hydrogen) atoms. The molecule has 0 radical (unpaired) electrons. The van der Waals surface area contributed by atoms with E-state index in [1.807, 2.05) is 0 Å². The molecule has 0 saturated heterocycles. The van der Waals surface area contributed by atoms with Gasteiger partial charge in [0.25, 0.3) is 0 Å². The molecule has 1 rings (SSSR count). The third kappa shape index (κ3) is 4.16. The summed E-state index contributed by atoms with van der Waals surface area (Å²) in [7, 11) is 1.56. The number of halogens is 2. The summed E-state index contributed by atoms with van der Waals surface area (Å²) in [6.45, 7) is 3.59. The fourth-order valence-corrected chi connectivity index (χ4v) is 1.84. The van der Waals surface area contributed by atoms with Crippen LogP contribution in [0, 0.1) is 5.41 Å². The molecule has 0 aliphatic heterocycles. The normalized spacial score (nSPS) is 12.7. The van der Waals surface area contributed by atoms with Gasteiger partial charge in [0.15, 0.2) is 0 Å². The van der Waals surface area contributed by atoms with Crippen molar-refractivity contribution in [2.24, 2.45) is 0 Å². The summed E-state index contributed by atoms with van der Waals surface area (Å²) >= 11 is 11.4. The lowest BCUT2D eigenvalue weighted by molar-refractivity contribution is 0.414. The Morgan fingerprint density at radius 1 is 1.32 bits per heavy atom. The second-order valence-electron chi connectivity index (χ2n) is 3.54. The molecule has 100 valence electrons. The zero-order chi connectivity index (χ0) is 14.4. The number of allylic oxidation sites excluding steroid dienone is 4. The molecule has 0 saturated carbocycles. The summed E-state index contributed by atoms with van der Waals surface area (Å²) in [4.78, 5) is 0. The molecule has 1 aromatic rings. The maximum atomic E-state index is 10.2. The van der Waals surface area contributed by atoms with Crippen molar-refractivity contribution >= 4 is 34.1 Å². The van der Waals surface area contributed by atoms with Gasteiger partial charge in [-0.15, -0.1) is 0 Å². The van der Waals surface area contributed by atoms with Crippen LogP contribution in [0.5, 0.6) is 5.75 Å². The minimum Gasteiger partial charge on any atom is -0.507 e. The molecule has 0 spiro atoms. The minimum absolute atomic E-state index is 0.0446. The smallest absolute Gasteiger partial charge is 0.131 e. The number of hydrogen-bond acceptors (Lipinski definition) is 3. The van der Waals surface area contributed by atoms with Crippen LogP contribution in [0.3, 0.4) is 0 Å². The van der Waals surface area contributed by atoms with Crippen molar-refractivity contribution in [1.82, 2.24) is 0 Å². The summed E-state index contributed by atoms with van der Waals surface area (Å²) in [5.74, 6) is 0.637. The second-order valence-corrected chi connectivity index (χ2v) is 4.35. The topological polar surface area (TPSA) is 53.3 Å². The Morgan fingerprint density at radius 3 is 2.32 bits per heavy atom. The third-order valence-corrected chi connectivity index (χ3v) is 2.76. The van der Waals surface area contributed by atoms with Crippen molar-refractivity contribution in [3.8, 4) is 5.75 Å². The molecule has 0 aliphatic rings. The van der Waals surface area contributed by atoms with Crippen molar-refractivity contribution in [3.05, 3.63) is 59.2 Å². The van der Waals surface area contributed by atoms with Crippen molar-refractivity contribution < 1.29 is 9.84 Å². The number of rotatable bonds is 5. The van der Waals surface area contributed by atoms with Gasteiger partial charge < -0.3 is 9.84 Å². The average Bonchev–Trinajstić information content (AvgIpc) is 2.38. The molecular weight excluding hydrogens is 285 g/mol. The first kappa shape index (κ1) is 15.3. The van der Waals surface area contributed by atoms with Gasteiger partial charge in [-0.2, -0.15) is 0 Å². The lowest BCUT2D eigenvalue weighted by Gasteiger charge is -2.07. The molecule has 1 aromatic carbocycles. The molecule has 0 heterocycles. The van der Waals surface area contributed by atoms with E-state index in [0.717, 1.165) is 0 Å². The molecule has 0 unspecified atom stereocenters. The second kappa shape index (κ2) is 7.02. The molecule has 0 atom stereocenters. The van der Waals surface area contributed by atoms with Crippen molar-refractivity contribution in [3.63, 3.8) is 0 Å². The van der Waals surface area contributed by atoms with Gasteiger partial charge in [0.05, 0.1) is 12.1 Å². The van der Waals surface area contributed by atoms with Crippen molar-refractivity contribution in [2.75, 3.05) is 7.11 Å². The summed E-state index contributed by atoms with van der Waals surface area (Å²) in [6.07, 6.45) is 2.62. The van der Waals surface area contributed by atoms with Crippen molar-refractivity contribution in [1.29, 1.82) is 5.41 Å². The Labute approximate surface area is 121 Å². The molecular formula is C14H13Cl2NO2. The van der Waals surface area contributed by atoms with Crippen LogP contribution in [0.25, 0.3) is 5.76 Å². The summed E-state index contributed by atoms with van der Waals surface area (Å²) < 4.78 is 5.03. The highest BCUT2D eigenvalue weighted by Gasteiger charge is 2.09. The van der Waals surface area contributed by atoms with Crippen LogP contribution < -0.4 is 4.74 Å². The van der Waals surface area contributed by atoms with Gasteiger partial charge in [-0.25, -0.2) is 0 Å². The van der Waals surface area contributed by atoms with Crippen LogP contribution in [0.4, 0.5) is 0 Å². The third-order valence-electron chi connectivity index (χ3n) is 2.33. The molecule has 0 fully saturated rings. The highest BCUT2D eigenvalue weighted by molar-refractivity contribution is 6.68. The molecule has 2 N–H and O–H groups in total. The fraction of sp³-hybridized carbons (Fsp3) is 0.0714. The van der Waals surface area contributed by atoms with E-state index in [-0.39, 0.29) is 16.0 Å². The quantitative estimate of drug-likeness (QED) is 0.478. The Balaban J connectivity index is 3.23. The Morgan fingerprint density at radius 2 is 1.89 bits per heavy atom. The van der Waals surface area contributed by atoms with E-state index in [1.54, 1.807) is 31.4 Å². The molecule has 0 aromatic heterocycles. The Kier molecular flexibility index (Phi) is 5.67. The monoisotopic (exact) mass is 297 g/mol. The highest BCUT2D eigenvalue weighted by Crippen LogP contribution is 2.26. The zero-order valence-electron chi connectivity index (χ0n) is 10.3. The zero-order valence-corrected chi connectivity index (χ0v) is 11.8. The molecule has 5 heteroatoms. The highest BCUT2D eigenvalue weighted by atomic mass is 35.5. The number of benzene rings is 1. The van der Waals surface area contributed by atoms with E-state index in [1.165, 1.54) is 12.2 Å². The average molecular weight is 298 g/mol. The van der Waals surface area contributed by atoms with E-state index in [9.17, 15) is 5.11 Å². The fourth-order valence-electron chi connectivity index (χ4n) is 1.40. The van der Waals surface area contributed by atoms with Crippen LogP contribution in [0.1, 0.15) is 5.56 Å². The van der Waals surface area contributed by atoms with E-state index in [0.29, 0.717) is 16.9 Å². The first-order valence-corrected chi connectivity index (χ1v) is 6.07. The van der Waals surface area contributed by atoms with Gasteiger partial charge in [-0.1, -0.05) is 35.9 Å². The minimum atomic E-state index is -0.230. The largest absolute Gasteiger partial charge is 0.507 e. The van der Waals surface area contributed by atoms with Crippen LogP contribution in [0.15, 0.2) is 53.6 Å². The first-order valence-electron chi connectivity index (χ1n) is 5.31. The molecule has 0 amide bonds. The number of aliphatic hydroxyl groups excluding tert-OH is 1. The van der Waals surface area contributed by atoms with Gasteiger partial charge in [0, 0.05) is 11.1 Å². The van der Waals surface area contributed by atoms with Gasteiger partial charge in [-0.05, 0) is 30.3 Å². The summed E-state index contributed by atoms with van der Waals surface area (Å²) in [5, 5.41) is 17.2. The van der Waals surface area contributed by atoms with E-state index in [2.05, 4.69) is 6.58 Å². The Hall–Kier alpha value is -1.71. The van der Waals surface area contributed by atoms with E-state index < -0.39 is 0 Å². The number of nitrogens with one attached hydrogen (secondary N) is 1. The van der Waals surface area contributed by atoms with E-state index >= 15 is 0 Å².